The average Bonchev–Trinajstić information content (AvgIpc) is 2.39. The highest BCUT2D eigenvalue weighted by Crippen LogP contribution is 2.09. The predicted octanol–water partition coefficient (Wildman–Crippen LogP) is 1.22. The van der Waals surface area contributed by atoms with Crippen molar-refractivity contribution in [1.29, 1.82) is 5.26 Å². The first-order chi connectivity index (χ1) is 6.72. The van der Waals surface area contributed by atoms with Crippen LogP contribution in [0.2, 0.25) is 0 Å². The molecule has 0 radical (unpaired) electrons. The maximum atomic E-state index is 8.66. The molecule has 80 valence electrons. The van der Waals surface area contributed by atoms with Crippen molar-refractivity contribution in [3.05, 3.63) is 0 Å². The number of rotatable bonds is 3. The van der Waals surface area contributed by atoms with Crippen LogP contribution in [0.4, 0.5) is 0 Å². The first-order valence-electron chi connectivity index (χ1n) is 5.54. The minimum absolute atomic E-state index is 0.135. The first kappa shape index (κ1) is 11.5. The smallest absolute Gasteiger partial charge is 0.0666 e. The van der Waals surface area contributed by atoms with Crippen molar-refractivity contribution >= 4 is 0 Å². The second-order valence-electron chi connectivity index (χ2n) is 4.37. The Balaban J connectivity index is 2.21. The van der Waals surface area contributed by atoms with Gasteiger partial charge in [0, 0.05) is 12.6 Å². The van der Waals surface area contributed by atoms with Gasteiger partial charge in [0.25, 0.3) is 0 Å². The van der Waals surface area contributed by atoms with Gasteiger partial charge in [-0.05, 0) is 46.3 Å². The Morgan fingerprint density at radius 1 is 1.50 bits per heavy atom. The molecular formula is C11H21N3. The van der Waals surface area contributed by atoms with Gasteiger partial charge in [0.1, 0.15) is 0 Å². The highest BCUT2D eigenvalue weighted by atomic mass is 15.1. The summed E-state index contributed by atoms with van der Waals surface area (Å²) in [7, 11) is 2.18. The highest BCUT2D eigenvalue weighted by Gasteiger charge is 2.14. The fraction of sp³-hybridized carbons (Fsp3) is 0.909. The van der Waals surface area contributed by atoms with Crippen molar-refractivity contribution in [1.82, 2.24) is 10.2 Å². The highest BCUT2D eigenvalue weighted by molar-refractivity contribution is 4.82. The molecule has 0 aromatic carbocycles. The molecule has 1 rings (SSSR count). The molecular weight excluding hydrogens is 174 g/mol. The van der Waals surface area contributed by atoms with E-state index in [2.05, 4.69) is 23.3 Å². The van der Waals surface area contributed by atoms with Gasteiger partial charge in [-0.2, -0.15) is 5.26 Å². The predicted molar refractivity (Wildman–Crippen MR) is 57.9 cm³/mol. The molecule has 1 fully saturated rings. The third-order valence-corrected chi connectivity index (χ3v) is 2.88. The van der Waals surface area contributed by atoms with Crippen LogP contribution in [0.15, 0.2) is 0 Å². The number of nitriles is 1. The van der Waals surface area contributed by atoms with E-state index in [1.54, 1.807) is 0 Å². The Kier molecular flexibility index (Phi) is 4.92. The van der Waals surface area contributed by atoms with Crippen LogP contribution < -0.4 is 5.32 Å². The van der Waals surface area contributed by atoms with Crippen molar-refractivity contribution in [2.24, 2.45) is 5.92 Å². The minimum atomic E-state index is 0.135. The van der Waals surface area contributed by atoms with E-state index in [0.717, 1.165) is 6.54 Å². The summed E-state index contributed by atoms with van der Waals surface area (Å²) in [5, 5.41) is 12.1. The third-order valence-electron chi connectivity index (χ3n) is 2.88. The van der Waals surface area contributed by atoms with Gasteiger partial charge in [0.2, 0.25) is 0 Å². The Labute approximate surface area is 87.1 Å². The van der Waals surface area contributed by atoms with E-state index >= 15 is 0 Å². The zero-order valence-corrected chi connectivity index (χ0v) is 9.29. The topological polar surface area (TPSA) is 39.1 Å². The molecule has 3 nitrogen and oxygen atoms in total. The van der Waals surface area contributed by atoms with Gasteiger partial charge < -0.3 is 10.2 Å². The lowest BCUT2D eigenvalue weighted by atomic mass is 10.1. The van der Waals surface area contributed by atoms with Crippen molar-refractivity contribution in [3.8, 4) is 6.07 Å². The number of nitrogens with one attached hydrogen (secondary N) is 1. The Hall–Kier alpha value is -0.590. The lowest BCUT2D eigenvalue weighted by Gasteiger charge is -2.17. The molecule has 0 spiro atoms. The van der Waals surface area contributed by atoms with Crippen LogP contribution >= 0.6 is 0 Å². The van der Waals surface area contributed by atoms with E-state index in [-0.39, 0.29) is 5.92 Å². The molecule has 3 heteroatoms. The lowest BCUT2D eigenvalue weighted by molar-refractivity contribution is 0.343. The van der Waals surface area contributed by atoms with Crippen LogP contribution in [0.5, 0.6) is 0 Å². The SMILES string of the molecule is CC(C#N)CNC1CCCN(C)CC1. The van der Waals surface area contributed by atoms with Gasteiger partial charge in [-0.3, -0.25) is 0 Å². The van der Waals surface area contributed by atoms with Crippen molar-refractivity contribution in [3.63, 3.8) is 0 Å². The standard InChI is InChI=1S/C11H21N3/c1-10(8-12)9-13-11-4-3-6-14(2)7-5-11/h10-11,13H,3-7,9H2,1-2H3. The summed E-state index contributed by atoms with van der Waals surface area (Å²) < 4.78 is 0. The van der Waals surface area contributed by atoms with Gasteiger partial charge >= 0.3 is 0 Å². The second-order valence-corrected chi connectivity index (χ2v) is 4.37. The largest absolute Gasteiger partial charge is 0.313 e. The van der Waals surface area contributed by atoms with E-state index in [4.69, 9.17) is 5.26 Å². The molecule has 0 amide bonds. The van der Waals surface area contributed by atoms with Crippen LogP contribution in [-0.4, -0.2) is 37.6 Å². The molecule has 0 aromatic rings. The molecule has 0 aromatic heterocycles. The van der Waals surface area contributed by atoms with Gasteiger partial charge in [0.15, 0.2) is 0 Å². The number of hydrogen-bond acceptors (Lipinski definition) is 3. The summed E-state index contributed by atoms with van der Waals surface area (Å²) in [5.74, 6) is 0.135. The van der Waals surface area contributed by atoms with E-state index in [1.165, 1.54) is 32.4 Å². The molecule has 1 heterocycles. The molecule has 1 aliphatic heterocycles. The van der Waals surface area contributed by atoms with Crippen LogP contribution in [0.1, 0.15) is 26.2 Å². The summed E-state index contributed by atoms with van der Waals surface area (Å²) in [4.78, 5) is 2.38. The summed E-state index contributed by atoms with van der Waals surface area (Å²) in [5.41, 5.74) is 0. The summed E-state index contributed by atoms with van der Waals surface area (Å²) >= 11 is 0. The van der Waals surface area contributed by atoms with Crippen molar-refractivity contribution < 1.29 is 0 Å². The fourth-order valence-corrected chi connectivity index (χ4v) is 1.83. The Bertz CT molecular complexity index is 197. The number of hydrogen-bond donors (Lipinski definition) is 1. The molecule has 1 aliphatic rings. The van der Waals surface area contributed by atoms with E-state index in [9.17, 15) is 0 Å². The van der Waals surface area contributed by atoms with Crippen molar-refractivity contribution in [2.45, 2.75) is 32.2 Å². The van der Waals surface area contributed by atoms with Crippen LogP contribution in [0, 0.1) is 17.2 Å². The quantitative estimate of drug-likeness (QED) is 0.736. The van der Waals surface area contributed by atoms with E-state index in [0.29, 0.717) is 6.04 Å². The van der Waals surface area contributed by atoms with Crippen LogP contribution in [0.3, 0.4) is 0 Å². The number of nitrogens with zero attached hydrogens (tertiary/aromatic N) is 2. The Morgan fingerprint density at radius 2 is 2.29 bits per heavy atom. The molecule has 1 saturated heterocycles. The van der Waals surface area contributed by atoms with Crippen LogP contribution in [-0.2, 0) is 0 Å². The van der Waals surface area contributed by atoms with Gasteiger partial charge in [-0.1, -0.05) is 0 Å². The normalized spacial score (nSPS) is 26.5. The zero-order valence-electron chi connectivity index (χ0n) is 9.29. The minimum Gasteiger partial charge on any atom is -0.313 e. The maximum absolute atomic E-state index is 8.66. The number of likely N-dealkylation sites (tertiary alicyclic amines) is 1. The van der Waals surface area contributed by atoms with E-state index < -0.39 is 0 Å². The summed E-state index contributed by atoms with van der Waals surface area (Å²) in [6, 6.07) is 2.88. The first-order valence-corrected chi connectivity index (χ1v) is 5.54. The molecule has 0 saturated carbocycles. The Morgan fingerprint density at radius 3 is 3.00 bits per heavy atom. The molecule has 0 aliphatic carbocycles. The molecule has 1 N–H and O–H groups in total. The lowest BCUT2D eigenvalue weighted by Crippen LogP contribution is -2.33. The molecule has 14 heavy (non-hydrogen) atoms. The molecule has 0 bridgehead atoms. The summed E-state index contributed by atoms with van der Waals surface area (Å²) in [6.45, 7) is 5.20. The van der Waals surface area contributed by atoms with E-state index in [1.807, 2.05) is 6.92 Å². The van der Waals surface area contributed by atoms with Gasteiger partial charge in [0.05, 0.1) is 12.0 Å². The maximum Gasteiger partial charge on any atom is 0.0666 e. The molecule has 2 unspecified atom stereocenters. The van der Waals surface area contributed by atoms with Gasteiger partial charge in [-0.25, -0.2) is 0 Å². The van der Waals surface area contributed by atoms with Gasteiger partial charge in [-0.15, -0.1) is 0 Å². The summed E-state index contributed by atoms with van der Waals surface area (Å²) in [6.07, 6.45) is 3.74. The zero-order chi connectivity index (χ0) is 10.4. The molecule has 2 atom stereocenters. The fourth-order valence-electron chi connectivity index (χ4n) is 1.83. The third kappa shape index (κ3) is 4.08. The second kappa shape index (κ2) is 6.00. The average molecular weight is 195 g/mol. The van der Waals surface area contributed by atoms with Crippen LogP contribution in [0.25, 0.3) is 0 Å². The van der Waals surface area contributed by atoms with Crippen molar-refractivity contribution in [2.75, 3.05) is 26.7 Å². The monoisotopic (exact) mass is 195 g/mol.